The first-order chi connectivity index (χ1) is 15.9. The number of benzene rings is 3. The van der Waals surface area contributed by atoms with Crippen LogP contribution >= 0.6 is 0 Å². The van der Waals surface area contributed by atoms with Gasteiger partial charge >= 0.3 is 0 Å². The summed E-state index contributed by atoms with van der Waals surface area (Å²) in [4.78, 5) is 48.3. The van der Waals surface area contributed by atoms with Crippen LogP contribution in [0.5, 0.6) is 0 Å². The molecule has 4 rings (SSSR count). The van der Waals surface area contributed by atoms with Gasteiger partial charge in [0.2, 0.25) is 11.8 Å². The molecule has 1 aromatic heterocycles. The van der Waals surface area contributed by atoms with E-state index in [-0.39, 0.29) is 31.0 Å². The Bertz CT molecular complexity index is 1360. The number of nitrogens with one attached hydrogen (secondary N) is 2. The van der Waals surface area contributed by atoms with E-state index in [4.69, 9.17) is 5.73 Å². The number of aromatic nitrogens is 1. The van der Waals surface area contributed by atoms with Gasteiger partial charge in [-0.05, 0) is 42.0 Å². The topological polar surface area (TPSA) is 123 Å². The van der Waals surface area contributed by atoms with Gasteiger partial charge in [0.1, 0.15) is 6.54 Å². The summed E-state index contributed by atoms with van der Waals surface area (Å²) in [6.07, 6.45) is 0. The number of amides is 3. The van der Waals surface area contributed by atoms with Gasteiger partial charge in [-0.15, -0.1) is 0 Å². The molecule has 1 heterocycles. The minimum Gasteiger partial charge on any atom is -0.368 e. The highest BCUT2D eigenvalue weighted by atomic mass is 16.2. The molecule has 0 fully saturated rings. The number of pyridine rings is 1. The van der Waals surface area contributed by atoms with Gasteiger partial charge < -0.3 is 20.9 Å². The van der Waals surface area contributed by atoms with E-state index < -0.39 is 11.8 Å². The van der Waals surface area contributed by atoms with E-state index >= 15 is 0 Å². The molecule has 0 aliphatic carbocycles. The van der Waals surface area contributed by atoms with E-state index in [0.29, 0.717) is 27.4 Å². The average Bonchev–Trinajstić information content (AvgIpc) is 2.84. The first-order valence-electron chi connectivity index (χ1n) is 10.4. The second-order valence-corrected chi connectivity index (χ2v) is 7.57. The molecule has 0 radical (unpaired) electrons. The summed E-state index contributed by atoms with van der Waals surface area (Å²) in [6.45, 7) is 0.0952. The fourth-order valence-corrected chi connectivity index (χ4v) is 3.69. The van der Waals surface area contributed by atoms with Crippen molar-refractivity contribution in [3.8, 4) is 0 Å². The van der Waals surface area contributed by atoms with Crippen molar-refractivity contribution in [1.29, 1.82) is 0 Å². The number of nitrogens with two attached hydrogens (primary N) is 1. The van der Waals surface area contributed by atoms with Crippen LogP contribution in [0.15, 0.2) is 77.6 Å². The Kier molecular flexibility index (Phi) is 6.17. The summed E-state index contributed by atoms with van der Waals surface area (Å²) in [5.74, 6) is -1.23. The normalized spacial score (nSPS) is 10.8. The van der Waals surface area contributed by atoms with Gasteiger partial charge in [0, 0.05) is 22.9 Å². The van der Waals surface area contributed by atoms with Crippen molar-refractivity contribution in [3.63, 3.8) is 0 Å². The number of primary amides is 1. The minimum atomic E-state index is -0.619. The highest BCUT2D eigenvalue weighted by Gasteiger charge is 2.13. The standard InChI is InChI=1S/C25H22N4O4/c26-22(30)14-28-25(33)17-11-9-16(10-12-17)13-27-23(31)15-29-20-7-3-1-5-18(20)24(32)19-6-2-4-8-21(19)29/h1-12H,13-15H2,(H2,26,30)(H,27,31)(H,28,33). The number of carbonyl (C=O) groups is 3. The van der Waals surface area contributed by atoms with E-state index in [9.17, 15) is 19.2 Å². The number of nitrogens with zero attached hydrogens (tertiary/aromatic N) is 1. The molecule has 33 heavy (non-hydrogen) atoms. The highest BCUT2D eigenvalue weighted by molar-refractivity contribution is 5.96. The first kappa shape index (κ1) is 21.8. The van der Waals surface area contributed by atoms with Gasteiger partial charge in [-0.1, -0.05) is 36.4 Å². The zero-order chi connectivity index (χ0) is 23.4. The van der Waals surface area contributed by atoms with Gasteiger partial charge in [-0.3, -0.25) is 19.2 Å². The monoisotopic (exact) mass is 442 g/mol. The van der Waals surface area contributed by atoms with E-state index in [0.717, 1.165) is 5.56 Å². The number of carbonyl (C=O) groups excluding carboxylic acids is 3. The lowest BCUT2D eigenvalue weighted by atomic mass is 10.1. The summed E-state index contributed by atoms with van der Waals surface area (Å²) in [5.41, 5.74) is 7.56. The summed E-state index contributed by atoms with van der Waals surface area (Å²) in [5, 5.41) is 6.43. The number of hydrogen-bond acceptors (Lipinski definition) is 4. The Morgan fingerprint density at radius 2 is 1.36 bits per heavy atom. The number of fused-ring (bicyclic) bond motifs is 2. The van der Waals surface area contributed by atoms with Crippen LogP contribution in [0.25, 0.3) is 21.8 Å². The van der Waals surface area contributed by atoms with Crippen molar-refractivity contribution in [1.82, 2.24) is 15.2 Å². The molecule has 8 heteroatoms. The van der Waals surface area contributed by atoms with Gasteiger partial charge in [0.15, 0.2) is 5.43 Å². The summed E-state index contributed by atoms with van der Waals surface area (Å²) >= 11 is 0. The molecule has 3 amide bonds. The summed E-state index contributed by atoms with van der Waals surface area (Å²) in [7, 11) is 0. The molecule has 0 saturated carbocycles. The van der Waals surface area contributed by atoms with Crippen LogP contribution in [-0.4, -0.2) is 28.8 Å². The predicted octanol–water partition coefficient (Wildman–Crippen LogP) is 1.69. The largest absolute Gasteiger partial charge is 0.368 e. The lowest BCUT2D eigenvalue weighted by molar-refractivity contribution is -0.121. The van der Waals surface area contributed by atoms with Gasteiger partial charge in [-0.2, -0.15) is 0 Å². The minimum absolute atomic E-state index is 0.0505. The Labute approximate surface area is 189 Å². The lowest BCUT2D eigenvalue weighted by Gasteiger charge is -2.15. The van der Waals surface area contributed by atoms with Crippen LogP contribution in [0.1, 0.15) is 15.9 Å². The fourth-order valence-electron chi connectivity index (χ4n) is 3.69. The molecular formula is C25H22N4O4. The fraction of sp³-hybridized carbons (Fsp3) is 0.120. The van der Waals surface area contributed by atoms with E-state index in [2.05, 4.69) is 10.6 Å². The third kappa shape index (κ3) is 4.74. The molecule has 0 atom stereocenters. The van der Waals surface area contributed by atoms with Crippen molar-refractivity contribution < 1.29 is 14.4 Å². The highest BCUT2D eigenvalue weighted by Crippen LogP contribution is 2.19. The maximum Gasteiger partial charge on any atom is 0.251 e. The molecule has 0 bridgehead atoms. The van der Waals surface area contributed by atoms with Crippen molar-refractivity contribution in [3.05, 3.63) is 94.1 Å². The molecule has 3 aromatic carbocycles. The summed E-state index contributed by atoms with van der Waals surface area (Å²) in [6, 6.07) is 21.2. The molecule has 4 N–H and O–H groups in total. The van der Waals surface area contributed by atoms with Crippen molar-refractivity contribution in [2.24, 2.45) is 5.73 Å². The van der Waals surface area contributed by atoms with Gasteiger partial charge in [0.25, 0.3) is 5.91 Å². The smallest absolute Gasteiger partial charge is 0.251 e. The van der Waals surface area contributed by atoms with Crippen molar-refractivity contribution in [2.75, 3.05) is 6.54 Å². The first-order valence-corrected chi connectivity index (χ1v) is 10.4. The SMILES string of the molecule is NC(=O)CNC(=O)c1ccc(CNC(=O)Cn2c3ccccc3c(=O)c3ccccc32)cc1. The Morgan fingerprint density at radius 1 is 0.788 bits per heavy atom. The van der Waals surface area contributed by atoms with Gasteiger partial charge in [-0.25, -0.2) is 0 Å². The maximum atomic E-state index is 12.8. The Morgan fingerprint density at radius 3 is 1.94 bits per heavy atom. The van der Waals surface area contributed by atoms with Gasteiger partial charge in [0.05, 0.1) is 17.6 Å². The average molecular weight is 442 g/mol. The molecule has 8 nitrogen and oxygen atoms in total. The molecule has 0 aliphatic rings. The quantitative estimate of drug-likeness (QED) is 0.377. The zero-order valence-corrected chi connectivity index (χ0v) is 17.7. The van der Waals surface area contributed by atoms with E-state index in [1.807, 2.05) is 28.8 Å². The second kappa shape index (κ2) is 9.35. The Balaban J connectivity index is 1.48. The second-order valence-electron chi connectivity index (χ2n) is 7.57. The molecule has 0 unspecified atom stereocenters. The molecule has 0 spiro atoms. The third-order valence-electron chi connectivity index (χ3n) is 5.31. The van der Waals surface area contributed by atoms with Crippen LogP contribution in [0, 0.1) is 0 Å². The van der Waals surface area contributed by atoms with Crippen LogP contribution < -0.4 is 21.8 Å². The van der Waals surface area contributed by atoms with Crippen molar-refractivity contribution >= 4 is 39.5 Å². The predicted molar refractivity (Wildman–Crippen MR) is 126 cm³/mol. The maximum absolute atomic E-state index is 12.8. The van der Waals surface area contributed by atoms with Crippen LogP contribution in [-0.2, 0) is 22.7 Å². The molecule has 4 aromatic rings. The number of hydrogen-bond donors (Lipinski definition) is 3. The third-order valence-corrected chi connectivity index (χ3v) is 5.31. The Hall–Kier alpha value is -4.46. The van der Waals surface area contributed by atoms with E-state index in [1.165, 1.54) is 0 Å². The molecule has 0 saturated heterocycles. The molecule has 166 valence electrons. The van der Waals surface area contributed by atoms with Crippen LogP contribution in [0.4, 0.5) is 0 Å². The molecule has 0 aliphatic heterocycles. The van der Waals surface area contributed by atoms with Crippen LogP contribution in [0.2, 0.25) is 0 Å². The number of para-hydroxylation sites is 2. The lowest BCUT2D eigenvalue weighted by Crippen LogP contribution is -2.33. The summed E-state index contributed by atoms with van der Waals surface area (Å²) < 4.78 is 1.84. The molecular weight excluding hydrogens is 420 g/mol. The number of rotatable bonds is 7. The van der Waals surface area contributed by atoms with E-state index in [1.54, 1.807) is 48.5 Å². The van der Waals surface area contributed by atoms with Crippen molar-refractivity contribution in [2.45, 2.75) is 13.1 Å². The van der Waals surface area contributed by atoms with Crippen LogP contribution in [0.3, 0.4) is 0 Å². The zero-order valence-electron chi connectivity index (χ0n) is 17.7.